The van der Waals surface area contributed by atoms with Crippen molar-refractivity contribution in [1.29, 1.82) is 0 Å². The maximum atomic E-state index is 12.1. The molecule has 1 aromatic carbocycles. The molecule has 7 heteroatoms. The second-order valence-electron chi connectivity index (χ2n) is 5.38. The molecule has 0 aliphatic heterocycles. The molecule has 3 aromatic rings. The molecule has 0 fully saturated rings. The third-order valence-electron chi connectivity index (χ3n) is 3.72. The second-order valence-corrected chi connectivity index (χ2v) is 6.83. The molecule has 2 N–H and O–H groups in total. The summed E-state index contributed by atoms with van der Waals surface area (Å²) in [6.07, 6.45) is 0.804. The Morgan fingerprint density at radius 3 is 2.91 bits per heavy atom. The molecule has 23 heavy (non-hydrogen) atoms. The first kappa shape index (κ1) is 16.1. The summed E-state index contributed by atoms with van der Waals surface area (Å²) >= 11 is 7.69. The van der Waals surface area contributed by atoms with E-state index in [0.29, 0.717) is 11.5 Å². The molecule has 0 saturated carbocycles. The Morgan fingerprint density at radius 1 is 1.39 bits per heavy atom. The number of aryl methyl sites for hydroxylation is 1. The van der Waals surface area contributed by atoms with Crippen LogP contribution in [0, 0.1) is 0 Å². The van der Waals surface area contributed by atoms with Crippen molar-refractivity contribution in [3.05, 3.63) is 62.0 Å². The molecule has 0 spiro atoms. The highest BCUT2D eigenvalue weighted by atomic mass is 35.5. The highest BCUT2D eigenvalue weighted by Gasteiger charge is 2.14. The summed E-state index contributed by atoms with van der Waals surface area (Å²) in [5, 5.41) is 8.06. The third-order valence-corrected chi connectivity index (χ3v) is 5.12. The van der Waals surface area contributed by atoms with Gasteiger partial charge in [-0.15, -0.1) is 0 Å². The molecule has 3 rings (SSSR count). The van der Waals surface area contributed by atoms with Gasteiger partial charge in [-0.25, -0.2) is 4.98 Å². The Hall–Kier alpha value is -1.76. The van der Waals surface area contributed by atoms with Gasteiger partial charge < -0.3 is 5.32 Å². The van der Waals surface area contributed by atoms with Gasteiger partial charge >= 0.3 is 0 Å². The zero-order valence-corrected chi connectivity index (χ0v) is 14.6. The van der Waals surface area contributed by atoms with Gasteiger partial charge in [-0.1, -0.05) is 48.1 Å². The molecule has 2 heterocycles. The van der Waals surface area contributed by atoms with Crippen LogP contribution in [0.2, 0.25) is 5.02 Å². The molecule has 120 valence electrons. The van der Waals surface area contributed by atoms with E-state index in [-0.39, 0.29) is 11.6 Å². The maximum absolute atomic E-state index is 12.1. The zero-order valence-electron chi connectivity index (χ0n) is 13.0. The standard InChI is InChI=1S/C16H17ClN4OS/c1-3-14-20-21-15(22)8-11(19-16(21)23-14)9-18-10(2)12-6-4-5-7-13(12)17/h4-8,10,18H,3,9H2,1-2H3/p+1/t10-/m0/s1. The van der Waals surface area contributed by atoms with Crippen molar-refractivity contribution >= 4 is 27.9 Å². The lowest BCUT2D eigenvalue weighted by Gasteiger charge is -2.12. The van der Waals surface area contributed by atoms with Crippen molar-refractivity contribution < 1.29 is 5.32 Å². The van der Waals surface area contributed by atoms with Crippen LogP contribution in [0.5, 0.6) is 0 Å². The first-order valence-electron chi connectivity index (χ1n) is 7.55. The minimum atomic E-state index is -0.125. The van der Waals surface area contributed by atoms with E-state index >= 15 is 0 Å². The van der Waals surface area contributed by atoms with Crippen molar-refractivity contribution in [2.75, 3.05) is 0 Å². The number of aromatic nitrogens is 3. The Kier molecular flexibility index (Phi) is 4.75. The van der Waals surface area contributed by atoms with Gasteiger partial charge in [0, 0.05) is 16.7 Å². The quantitative estimate of drug-likeness (QED) is 0.768. The number of hydrogen-bond donors (Lipinski definition) is 1. The van der Waals surface area contributed by atoms with Gasteiger partial charge in [-0.05, 0) is 19.4 Å². The summed E-state index contributed by atoms with van der Waals surface area (Å²) in [6.45, 7) is 4.73. The number of rotatable bonds is 5. The van der Waals surface area contributed by atoms with Gasteiger partial charge in [0.05, 0.1) is 0 Å². The molecule has 5 nitrogen and oxygen atoms in total. The summed E-state index contributed by atoms with van der Waals surface area (Å²) in [6, 6.07) is 9.56. The molecular weight excluding hydrogens is 332 g/mol. The van der Waals surface area contributed by atoms with Crippen LogP contribution in [-0.2, 0) is 13.0 Å². The van der Waals surface area contributed by atoms with E-state index in [4.69, 9.17) is 11.6 Å². The Bertz CT molecular complexity index is 889. The molecule has 0 saturated heterocycles. The Labute approximate surface area is 143 Å². The van der Waals surface area contributed by atoms with Gasteiger partial charge in [-0.3, -0.25) is 4.79 Å². The molecule has 0 aliphatic carbocycles. The van der Waals surface area contributed by atoms with Crippen molar-refractivity contribution in [3.8, 4) is 0 Å². The fourth-order valence-corrected chi connectivity index (χ4v) is 3.58. The van der Waals surface area contributed by atoms with Crippen LogP contribution in [-0.4, -0.2) is 14.6 Å². The van der Waals surface area contributed by atoms with E-state index < -0.39 is 0 Å². The topological polar surface area (TPSA) is 63.9 Å². The first-order valence-corrected chi connectivity index (χ1v) is 8.74. The number of nitrogens with two attached hydrogens (primary N) is 1. The predicted molar refractivity (Wildman–Crippen MR) is 92.0 cm³/mol. The molecule has 0 amide bonds. The normalized spacial score (nSPS) is 12.7. The number of nitrogens with zero attached hydrogens (tertiary/aromatic N) is 3. The SMILES string of the molecule is CCc1nn2c(=O)cc(C[NH2+][C@@H](C)c3ccccc3Cl)nc2s1. The number of benzene rings is 1. The average Bonchev–Trinajstić information content (AvgIpc) is 2.97. The maximum Gasteiger partial charge on any atom is 0.275 e. The minimum absolute atomic E-state index is 0.125. The summed E-state index contributed by atoms with van der Waals surface area (Å²) in [7, 11) is 0. The second kappa shape index (κ2) is 6.78. The number of halogens is 1. The van der Waals surface area contributed by atoms with Crippen LogP contribution in [0.25, 0.3) is 4.96 Å². The van der Waals surface area contributed by atoms with Crippen molar-refractivity contribution in [2.24, 2.45) is 0 Å². The summed E-state index contributed by atoms with van der Waals surface area (Å²) in [5.74, 6) is 0. The van der Waals surface area contributed by atoms with Crippen LogP contribution in [0.1, 0.15) is 36.2 Å². The lowest BCUT2D eigenvalue weighted by Crippen LogP contribution is -2.83. The fraction of sp³-hybridized carbons (Fsp3) is 0.312. The molecular formula is C16H18ClN4OS+. The third kappa shape index (κ3) is 3.44. The highest BCUT2D eigenvalue weighted by Crippen LogP contribution is 2.19. The van der Waals surface area contributed by atoms with Crippen LogP contribution in [0.15, 0.2) is 35.1 Å². The van der Waals surface area contributed by atoms with Gasteiger partial charge in [0.2, 0.25) is 4.96 Å². The number of fused-ring (bicyclic) bond motifs is 1. The van der Waals surface area contributed by atoms with E-state index in [1.807, 2.05) is 31.2 Å². The lowest BCUT2D eigenvalue weighted by molar-refractivity contribution is -0.708. The summed E-state index contributed by atoms with van der Waals surface area (Å²) < 4.78 is 1.38. The van der Waals surface area contributed by atoms with Crippen molar-refractivity contribution in [3.63, 3.8) is 0 Å². The molecule has 0 unspecified atom stereocenters. The van der Waals surface area contributed by atoms with E-state index in [0.717, 1.165) is 27.7 Å². The summed E-state index contributed by atoms with van der Waals surface area (Å²) in [4.78, 5) is 17.3. The zero-order chi connectivity index (χ0) is 16.4. The molecule has 2 aromatic heterocycles. The first-order chi connectivity index (χ1) is 11.1. The largest absolute Gasteiger partial charge is 0.335 e. The Balaban J connectivity index is 1.79. The van der Waals surface area contributed by atoms with E-state index in [2.05, 4.69) is 22.3 Å². The summed E-state index contributed by atoms with van der Waals surface area (Å²) in [5.41, 5.74) is 1.72. The van der Waals surface area contributed by atoms with Crippen LogP contribution < -0.4 is 10.9 Å². The minimum Gasteiger partial charge on any atom is -0.335 e. The monoisotopic (exact) mass is 349 g/mol. The number of quaternary nitrogens is 1. The highest BCUT2D eigenvalue weighted by molar-refractivity contribution is 7.16. The van der Waals surface area contributed by atoms with Crippen LogP contribution in [0.3, 0.4) is 0 Å². The van der Waals surface area contributed by atoms with Gasteiger partial charge in [0.15, 0.2) is 0 Å². The molecule has 0 bridgehead atoms. The van der Waals surface area contributed by atoms with Gasteiger partial charge in [0.25, 0.3) is 5.56 Å². The van der Waals surface area contributed by atoms with Gasteiger partial charge in [0.1, 0.15) is 23.3 Å². The average molecular weight is 350 g/mol. The van der Waals surface area contributed by atoms with Crippen LogP contribution in [0.4, 0.5) is 0 Å². The smallest absolute Gasteiger partial charge is 0.275 e. The predicted octanol–water partition coefficient (Wildman–Crippen LogP) is 2.19. The Morgan fingerprint density at radius 2 is 2.17 bits per heavy atom. The number of hydrogen-bond acceptors (Lipinski definition) is 4. The van der Waals surface area contributed by atoms with Crippen molar-refractivity contribution in [1.82, 2.24) is 14.6 Å². The van der Waals surface area contributed by atoms with E-state index in [9.17, 15) is 4.79 Å². The van der Waals surface area contributed by atoms with Gasteiger partial charge in [-0.2, -0.15) is 9.61 Å². The molecule has 1 atom stereocenters. The fourth-order valence-electron chi connectivity index (χ4n) is 2.41. The van der Waals surface area contributed by atoms with E-state index in [1.54, 1.807) is 6.07 Å². The lowest BCUT2D eigenvalue weighted by atomic mass is 10.1. The van der Waals surface area contributed by atoms with E-state index in [1.165, 1.54) is 15.9 Å². The van der Waals surface area contributed by atoms with Crippen LogP contribution >= 0.6 is 22.9 Å². The van der Waals surface area contributed by atoms with Crippen molar-refractivity contribution in [2.45, 2.75) is 32.9 Å². The molecule has 0 radical (unpaired) electrons. The molecule has 0 aliphatic rings.